The van der Waals surface area contributed by atoms with Crippen LogP contribution in [0.25, 0.3) is 10.8 Å². The maximum absolute atomic E-state index is 13.0. The van der Waals surface area contributed by atoms with Crippen LogP contribution < -0.4 is 10.2 Å². The van der Waals surface area contributed by atoms with Crippen molar-refractivity contribution in [3.8, 4) is 0 Å². The van der Waals surface area contributed by atoms with Crippen LogP contribution in [0.15, 0.2) is 77.5 Å². The molecular weight excluding hydrogens is 416 g/mol. The van der Waals surface area contributed by atoms with Gasteiger partial charge in [-0.25, -0.2) is 9.69 Å². The average Bonchev–Trinajstić information content (AvgIpc) is 3.01. The number of halogens is 1. The summed E-state index contributed by atoms with van der Waals surface area (Å²) in [6, 6.07) is 19.4. The van der Waals surface area contributed by atoms with Gasteiger partial charge in [-0.15, -0.1) is 0 Å². The minimum absolute atomic E-state index is 0.00875. The monoisotopic (exact) mass is 434 g/mol. The highest BCUT2D eigenvalue weighted by Gasteiger charge is 2.39. The Labute approximate surface area is 184 Å². The molecule has 2 amide bonds. The molecule has 0 spiro atoms. The Morgan fingerprint density at radius 3 is 2.42 bits per heavy atom. The predicted molar refractivity (Wildman–Crippen MR) is 120 cm³/mol. The van der Waals surface area contributed by atoms with Gasteiger partial charge in [-0.2, -0.15) is 0 Å². The van der Waals surface area contributed by atoms with Gasteiger partial charge in [0.25, 0.3) is 11.8 Å². The third-order valence-electron chi connectivity index (χ3n) is 4.88. The summed E-state index contributed by atoms with van der Waals surface area (Å²) in [7, 11) is 0. The van der Waals surface area contributed by atoms with Crippen molar-refractivity contribution in [3.63, 3.8) is 0 Å². The first kappa shape index (κ1) is 20.6. The predicted octanol–water partition coefficient (Wildman–Crippen LogP) is 4.84. The largest absolute Gasteiger partial charge is 0.462 e. The van der Waals surface area contributed by atoms with Gasteiger partial charge in [-0.05, 0) is 42.1 Å². The van der Waals surface area contributed by atoms with E-state index in [1.54, 1.807) is 0 Å². The topological polar surface area (TPSA) is 75.7 Å². The third kappa shape index (κ3) is 3.90. The molecule has 1 N–H and O–H groups in total. The summed E-state index contributed by atoms with van der Waals surface area (Å²) in [4.78, 5) is 38.7. The molecule has 4 rings (SSSR count). The second-order valence-electron chi connectivity index (χ2n) is 6.97. The van der Waals surface area contributed by atoms with Gasteiger partial charge in [0.2, 0.25) is 0 Å². The quantitative estimate of drug-likeness (QED) is 0.443. The fourth-order valence-electron chi connectivity index (χ4n) is 3.34. The fourth-order valence-corrected chi connectivity index (χ4v) is 3.55. The number of fused-ring (bicyclic) bond motifs is 1. The molecule has 1 heterocycles. The zero-order valence-electron chi connectivity index (χ0n) is 16.7. The fraction of sp³-hybridized carbons (Fsp3) is 0.125. The number of rotatable bonds is 6. The summed E-state index contributed by atoms with van der Waals surface area (Å²) in [5, 5.41) is 4.73. The summed E-state index contributed by atoms with van der Waals surface area (Å²) >= 11 is 6.24. The number of nitrogens with one attached hydrogen (secondary N) is 1. The molecule has 0 radical (unpaired) electrons. The Bertz CT molecular complexity index is 1210. The number of hydrogen-bond acceptors (Lipinski definition) is 5. The molecule has 0 bridgehead atoms. The third-order valence-corrected chi connectivity index (χ3v) is 5.23. The number of carbonyl (C=O) groups is 3. The lowest BCUT2D eigenvalue weighted by Crippen LogP contribution is -2.32. The highest BCUT2D eigenvalue weighted by Crippen LogP contribution is 2.32. The number of nitrogens with zero attached hydrogens (tertiary/aromatic N) is 1. The van der Waals surface area contributed by atoms with Gasteiger partial charge < -0.3 is 10.1 Å². The van der Waals surface area contributed by atoms with Crippen LogP contribution in [-0.2, 0) is 14.3 Å². The molecule has 0 atom stereocenters. The van der Waals surface area contributed by atoms with E-state index in [2.05, 4.69) is 5.32 Å². The van der Waals surface area contributed by atoms with E-state index in [0.29, 0.717) is 23.5 Å². The first-order chi connectivity index (χ1) is 15.0. The van der Waals surface area contributed by atoms with Crippen LogP contribution in [0.5, 0.6) is 0 Å². The summed E-state index contributed by atoms with van der Waals surface area (Å²) in [5.74, 6) is -1.65. The van der Waals surface area contributed by atoms with Crippen LogP contribution in [0.4, 0.5) is 11.4 Å². The van der Waals surface area contributed by atoms with Gasteiger partial charge in [0, 0.05) is 11.1 Å². The average molecular weight is 435 g/mol. The Kier molecular flexibility index (Phi) is 5.73. The van der Waals surface area contributed by atoms with E-state index in [4.69, 9.17) is 16.3 Å². The van der Waals surface area contributed by atoms with Gasteiger partial charge in [0.15, 0.2) is 0 Å². The molecular formula is C24H19ClN2O4. The van der Waals surface area contributed by atoms with Crippen LogP contribution in [-0.4, -0.2) is 24.4 Å². The Balaban J connectivity index is 1.59. The van der Waals surface area contributed by atoms with E-state index in [-0.39, 0.29) is 10.7 Å². The molecule has 0 unspecified atom stereocenters. The Morgan fingerprint density at radius 1 is 0.968 bits per heavy atom. The van der Waals surface area contributed by atoms with Crippen molar-refractivity contribution >= 4 is 51.5 Å². The number of benzene rings is 3. The second kappa shape index (κ2) is 8.62. The number of amides is 2. The van der Waals surface area contributed by atoms with E-state index in [1.807, 2.05) is 49.4 Å². The van der Waals surface area contributed by atoms with Crippen LogP contribution in [0.2, 0.25) is 0 Å². The Morgan fingerprint density at radius 2 is 1.68 bits per heavy atom. The van der Waals surface area contributed by atoms with E-state index >= 15 is 0 Å². The van der Waals surface area contributed by atoms with Crippen molar-refractivity contribution in [3.05, 3.63) is 83.0 Å². The van der Waals surface area contributed by atoms with Gasteiger partial charge in [-0.3, -0.25) is 9.59 Å². The smallest absolute Gasteiger partial charge is 0.338 e. The molecule has 0 aliphatic carbocycles. The van der Waals surface area contributed by atoms with E-state index < -0.39 is 17.8 Å². The van der Waals surface area contributed by atoms with Crippen molar-refractivity contribution < 1.29 is 19.1 Å². The number of ether oxygens (including phenoxy) is 1. The summed E-state index contributed by atoms with van der Waals surface area (Å²) < 4.78 is 5.09. The highest BCUT2D eigenvalue weighted by molar-refractivity contribution is 6.53. The molecule has 3 aromatic carbocycles. The molecule has 31 heavy (non-hydrogen) atoms. The minimum Gasteiger partial charge on any atom is -0.462 e. The van der Waals surface area contributed by atoms with Gasteiger partial charge in [-0.1, -0.05) is 54.9 Å². The number of imide groups is 1. The van der Waals surface area contributed by atoms with E-state index in [1.165, 1.54) is 24.3 Å². The number of esters is 1. The minimum atomic E-state index is -0.629. The summed E-state index contributed by atoms with van der Waals surface area (Å²) in [5.41, 5.74) is 1.33. The lowest BCUT2D eigenvalue weighted by Gasteiger charge is -2.16. The van der Waals surface area contributed by atoms with Crippen molar-refractivity contribution in [2.45, 2.75) is 13.3 Å². The molecule has 0 saturated carbocycles. The highest BCUT2D eigenvalue weighted by atomic mass is 35.5. The molecule has 7 heteroatoms. The SMILES string of the molecule is CCCOC(=O)c1ccc(N2C(=O)C(Cl)=C(Nc3cccc4ccccc34)C2=O)cc1. The van der Waals surface area contributed by atoms with Crippen molar-refractivity contribution in [1.82, 2.24) is 0 Å². The van der Waals surface area contributed by atoms with E-state index in [9.17, 15) is 14.4 Å². The van der Waals surface area contributed by atoms with Crippen LogP contribution >= 0.6 is 11.6 Å². The van der Waals surface area contributed by atoms with Crippen molar-refractivity contribution in [2.24, 2.45) is 0 Å². The molecule has 0 aromatic heterocycles. The van der Waals surface area contributed by atoms with Crippen LogP contribution in [0.3, 0.4) is 0 Å². The number of carbonyl (C=O) groups excluding carboxylic acids is 3. The van der Waals surface area contributed by atoms with Crippen LogP contribution in [0, 0.1) is 0 Å². The van der Waals surface area contributed by atoms with E-state index in [0.717, 1.165) is 22.1 Å². The molecule has 6 nitrogen and oxygen atoms in total. The lowest BCUT2D eigenvalue weighted by molar-refractivity contribution is -0.120. The standard InChI is InChI=1S/C24H19ClN2O4/c1-2-14-31-24(30)16-10-12-17(13-11-16)27-22(28)20(25)21(23(27)29)26-19-9-5-7-15-6-3-4-8-18(15)19/h3-13,26H,2,14H2,1H3. The molecule has 1 aliphatic heterocycles. The normalized spacial score (nSPS) is 13.8. The number of anilines is 2. The maximum atomic E-state index is 13.0. The molecule has 0 fully saturated rings. The first-order valence-electron chi connectivity index (χ1n) is 9.81. The molecule has 3 aromatic rings. The maximum Gasteiger partial charge on any atom is 0.338 e. The molecule has 0 saturated heterocycles. The zero-order valence-corrected chi connectivity index (χ0v) is 17.5. The van der Waals surface area contributed by atoms with Gasteiger partial charge >= 0.3 is 5.97 Å². The summed E-state index contributed by atoms with van der Waals surface area (Å²) in [6.45, 7) is 2.23. The number of hydrogen-bond donors (Lipinski definition) is 1. The second-order valence-corrected chi connectivity index (χ2v) is 7.35. The molecule has 1 aliphatic rings. The van der Waals surface area contributed by atoms with Gasteiger partial charge in [0.1, 0.15) is 10.7 Å². The summed E-state index contributed by atoms with van der Waals surface area (Å²) in [6.07, 6.45) is 0.719. The lowest BCUT2D eigenvalue weighted by atomic mass is 10.1. The molecule has 156 valence electrons. The van der Waals surface area contributed by atoms with Gasteiger partial charge in [0.05, 0.1) is 17.9 Å². The zero-order chi connectivity index (χ0) is 22.0. The van der Waals surface area contributed by atoms with Crippen LogP contribution in [0.1, 0.15) is 23.7 Å². The first-order valence-corrected chi connectivity index (χ1v) is 10.2. The van der Waals surface area contributed by atoms with Crippen molar-refractivity contribution in [2.75, 3.05) is 16.8 Å². The Hall–Kier alpha value is -3.64. The van der Waals surface area contributed by atoms with Crippen molar-refractivity contribution in [1.29, 1.82) is 0 Å².